The van der Waals surface area contributed by atoms with Gasteiger partial charge in [-0.1, -0.05) is 25.1 Å². The van der Waals surface area contributed by atoms with E-state index in [0.717, 1.165) is 25.3 Å². The Hall–Kier alpha value is -1.06. The molecule has 0 aliphatic heterocycles. The van der Waals surface area contributed by atoms with Crippen LogP contribution in [0.4, 0.5) is 0 Å². The van der Waals surface area contributed by atoms with Gasteiger partial charge in [-0.15, -0.1) is 0 Å². The summed E-state index contributed by atoms with van der Waals surface area (Å²) in [6.07, 6.45) is 2.22. The van der Waals surface area contributed by atoms with Crippen molar-refractivity contribution in [2.45, 2.75) is 32.7 Å². The average Bonchev–Trinajstić information content (AvgIpc) is 2.41. The van der Waals surface area contributed by atoms with E-state index < -0.39 is 0 Å². The van der Waals surface area contributed by atoms with Crippen LogP contribution >= 0.6 is 0 Å². The summed E-state index contributed by atoms with van der Waals surface area (Å²) < 4.78 is 11.1. The van der Waals surface area contributed by atoms with Gasteiger partial charge in [0, 0.05) is 12.6 Å². The van der Waals surface area contributed by atoms with Crippen molar-refractivity contribution in [2.24, 2.45) is 0 Å². The Kier molecular flexibility index (Phi) is 8.26. The zero-order chi connectivity index (χ0) is 13.1. The second-order valence-electron chi connectivity index (χ2n) is 4.42. The van der Waals surface area contributed by atoms with Crippen molar-refractivity contribution in [1.82, 2.24) is 5.32 Å². The van der Waals surface area contributed by atoms with Gasteiger partial charge in [0.2, 0.25) is 0 Å². The van der Waals surface area contributed by atoms with Gasteiger partial charge in [-0.05, 0) is 38.4 Å². The first-order valence-electron chi connectivity index (χ1n) is 6.82. The Bertz CT molecular complexity index is 290. The molecule has 1 aromatic rings. The number of ether oxygens (including phenoxy) is 2. The first kappa shape index (κ1) is 15.0. The van der Waals surface area contributed by atoms with Crippen LogP contribution in [-0.2, 0) is 4.74 Å². The molecule has 0 heterocycles. The summed E-state index contributed by atoms with van der Waals surface area (Å²) in [5.41, 5.74) is 0. The quantitative estimate of drug-likeness (QED) is 0.649. The van der Waals surface area contributed by atoms with Crippen molar-refractivity contribution in [3.05, 3.63) is 30.3 Å². The minimum Gasteiger partial charge on any atom is -0.491 e. The lowest BCUT2D eigenvalue weighted by atomic mass is 10.2. The van der Waals surface area contributed by atoms with Crippen LogP contribution < -0.4 is 10.1 Å². The van der Waals surface area contributed by atoms with Gasteiger partial charge in [0.1, 0.15) is 12.4 Å². The summed E-state index contributed by atoms with van der Waals surface area (Å²) in [5.74, 6) is 0.902. The molecular formula is C15H25NO2. The summed E-state index contributed by atoms with van der Waals surface area (Å²) in [6, 6.07) is 10.4. The smallest absolute Gasteiger partial charge is 0.119 e. The van der Waals surface area contributed by atoms with Crippen LogP contribution in [0.1, 0.15) is 26.7 Å². The molecule has 0 saturated heterocycles. The number of para-hydroxylation sites is 1. The van der Waals surface area contributed by atoms with E-state index in [1.807, 2.05) is 30.3 Å². The fourth-order valence-electron chi connectivity index (χ4n) is 1.59. The number of hydrogen-bond donors (Lipinski definition) is 1. The van der Waals surface area contributed by atoms with Crippen molar-refractivity contribution in [3.8, 4) is 5.75 Å². The zero-order valence-electron chi connectivity index (χ0n) is 11.5. The van der Waals surface area contributed by atoms with E-state index in [2.05, 4.69) is 19.2 Å². The third-order valence-electron chi connectivity index (χ3n) is 2.68. The highest BCUT2D eigenvalue weighted by Crippen LogP contribution is 2.07. The van der Waals surface area contributed by atoms with Crippen molar-refractivity contribution >= 4 is 0 Å². The molecule has 18 heavy (non-hydrogen) atoms. The molecule has 0 aliphatic rings. The zero-order valence-corrected chi connectivity index (χ0v) is 11.5. The van der Waals surface area contributed by atoms with Gasteiger partial charge in [-0.25, -0.2) is 0 Å². The Balaban J connectivity index is 1.93. The van der Waals surface area contributed by atoms with Gasteiger partial charge < -0.3 is 14.8 Å². The normalized spacial score (nSPS) is 12.3. The van der Waals surface area contributed by atoms with Crippen LogP contribution in [0.2, 0.25) is 0 Å². The highest BCUT2D eigenvalue weighted by atomic mass is 16.5. The third kappa shape index (κ3) is 7.30. The van der Waals surface area contributed by atoms with Crippen molar-refractivity contribution in [2.75, 3.05) is 26.4 Å². The van der Waals surface area contributed by atoms with Crippen LogP contribution in [0.5, 0.6) is 5.75 Å². The SMILES string of the molecule is CCCNC(C)CCOCCOc1ccccc1. The maximum atomic E-state index is 5.54. The second kappa shape index (κ2) is 9.92. The minimum atomic E-state index is 0.528. The maximum absolute atomic E-state index is 5.54. The van der Waals surface area contributed by atoms with Crippen molar-refractivity contribution in [1.29, 1.82) is 0 Å². The summed E-state index contributed by atoms with van der Waals surface area (Å²) in [5, 5.41) is 3.44. The van der Waals surface area contributed by atoms with Gasteiger partial charge >= 0.3 is 0 Å². The molecule has 1 unspecified atom stereocenters. The third-order valence-corrected chi connectivity index (χ3v) is 2.68. The van der Waals surface area contributed by atoms with E-state index >= 15 is 0 Å². The molecule has 1 N–H and O–H groups in total. The predicted molar refractivity (Wildman–Crippen MR) is 75.1 cm³/mol. The highest BCUT2D eigenvalue weighted by Gasteiger charge is 1.99. The molecule has 0 amide bonds. The van der Waals surface area contributed by atoms with Crippen LogP contribution in [0.15, 0.2) is 30.3 Å². The standard InChI is InChI=1S/C15H25NO2/c1-3-10-16-14(2)9-11-17-12-13-18-15-7-5-4-6-8-15/h4-8,14,16H,3,9-13H2,1-2H3. The molecule has 0 bridgehead atoms. The Morgan fingerprint density at radius 1 is 1.11 bits per heavy atom. The molecule has 0 radical (unpaired) electrons. The van der Waals surface area contributed by atoms with Gasteiger partial charge in [0.25, 0.3) is 0 Å². The van der Waals surface area contributed by atoms with Crippen molar-refractivity contribution < 1.29 is 9.47 Å². The molecular weight excluding hydrogens is 226 g/mol. The van der Waals surface area contributed by atoms with Gasteiger partial charge in [0.15, 0.2) is 0 Å². The van der Waals surface area contributed by atoms with Gasteiger partial charge in [-0.3, -0.25) is 0 Å². The molecule has 0 fully saturated rings. The molecule has 0 spiro atoms. The molecule has 3 nitrogen and oxygen atoms in total. The maximum Gasteiger partial charge on any atom is 0.119 e. The minimum absolute atomic E-state index is 0.528. The first-order chi connectivity index (χ1) is 8.83. The highest BCUT2D eigenvalue weighted by molar-refractivity contribution is 5.20. The first-order valence-corrected chi connectivity index (χ1v) is 6.82. The molecule has 0 saturated carbocycles. The fourth-order valence-corrected chi connectivity index (χ4v) is 1.59. The van der Waals surface area contributed by atoms with E-state index in [0.29, 0.717) is 19.3 Å². The fraction of sp³-hybridized carbons (Fsp3) is 0.600. The van der Waals surface area contributed by atoms with Crippen LogP contribution in [-0.4, -0.2) is 32.4 Å². The van der Waals surface area contributed by atoms with Gasteiger partial charge in [0.05, 0.1) is 6.61 Å². The number of rotatable bonds is 10. The Labute approximate surface area is 110 Å². The average molecular weight is 251 g/mol. The van der Waals surface area contributed by atoms with E-state index in [4.69, 9.17) is 9.47 Å². The number of benzene rings is 1. The Morgan fingerprint density at radius 3 is 2.61 bits per heavy atom. The second-order valence-corrected chi connectivity index (χ2v) is 4.42. The summed E-state index contributed by atoms with van der Waals surface area (Å²) in [4.78, 5) is 0. The van der Waals surface area contributed by atoms with Crippen LogP contribution in [0, 0.1) is 0 Å². The topological polar surface area (TPSA) is 30.5 Å². The van der Waals surface area contributed by atoms with Gasteiger partial charge in [-0.2, -0.15) is 0 Å². The van der Waals surface area contributed by atoms with E-state index in [-0.39, 0.29) is 0 Å². The number of nitrogens with one attached hydrogen (secondary N) is 1. The molecule has 3 heteroatoms. The number of hydrogen-bond acceptors (Lipinski definition) is 3. The molecule has 102 valence electrons. The summed E-state index contributed by atoms with van der Waals surface area (Å²) in [6.45, 7) is 7.50. The lowest BCUT2D eigenvalue weighted by Crippen LogP contribution is -2.28. The Morgan fingerprint density at radius 2 is 1.89 bits per heavy atom. The molecule has 1 aromatic carbocycles. The monoisotopic (exact) mass is 251 g/mol. The predicted octanol–water partition coefficient (Wildman–Crippen LogP) is 2.86. The lowest BCUT2D eigenvalue weighted by Gasteiger charge is -2.13. The molecule has 0 aromatic heterocycles. The lowest BCUT2D eigenvalue weighted by molar-refractivity contribution is 0.0940. The van der Waals surface area contributed by atoms with E-state index in [1.54, 1.807) is 0 Å². The van der Waals surface area contributed by atoms with Crippen LogP contribution in [0.3, 0.4) is 0 Å². The largest absolute Gasteiger partial charge is 0.491 e. The van der Waals surface area contributed by atoms with Crippen molar-refractivity contribution in [3.63, 3.8) is 0 Å². The van der Waals surface area contributed by atoms with Crippen LogP contribution in [0.25, 0.3) is 0 Å². The van der Waals surface area contributed by atoms with E-state index in [1.165, 1.54) is 6.42 Å². The molecule has 1 rings (SSSR count). The molecule has 0 aliphatic carbocycles. The summed E-state index contributed by atoms with van der Waals surface area (Å²) in [7, 11) is 0. The summed E-state index contributed by atoms with van der Waals surface area (Å²) >= 11 is 0. The molecule has 1 atom stereocenters. The van der Waals surface area contributed by atoms with E-state index in [9.17, 15) is 0 Å².